The van der Waals surface area contributed by atoms with Crippen LogP contribution in [0.15, 0.2) is 34.2 Å². The Morgan fingerprint density at radius 3 is 2.79 bits per heavy atom. The minimum atomic E-state index is -0.0356. The van der Waals surface area contributed by atoms with Crippen LogP contribution in [0.4, 0.5) is 5.82 Å². The highest BCUT2D eigenvalue weighted by molar-refractivity contribution is 9.11. The average Bonchev–Trinajstić information content (AvgIpc) is 2.83. The van der Waals surface area contributed by atoms with Gasteiger partial charge in [0.1, 0.15) is 11.9 Å². The first kappa shape index (κ1) is 13.7. The Kier molecular flexibility index (Phi) is 4.30. The topological polar surface area (TPSA) is 57.0 Å². The number of hydrogen-bond acceptors (Lipinski definition) is 4. The summed E-state index contributed by atoms with van der Waals surface area (Å²) < 4.78 is 1.01. The van der Waals surface area contributed by atoms with Gasteiger partial charge in [-0.2, -0.15) is 5.26 Å². The average molecular weight is 336 g/mol. The summed E-state index contributed by atoms with van der Waals surface area (Å²) in [6.07, 6.45) is 1.80. The number of rotatable bonds is 3. The van der Waals surface area contributed by atoms with E-state index >= 15 is 0 Å². The quantitative estimate of drug-likeness (QED) is 0.866. The first-order valence-corrected chi connectivity index (χ1v) is 7.08. The second-order valence-corrected chi connectivity index (χ2v) is 6.40. The van der Waals surface area contributed by atoms with Crippen LogP contribution in [0.5, 0.6) is 0 Å². The molecular weight excluding hydrogens is 326 g/mol. The predicted molar refractivity (Wildman–Crippen MR) is 78.1 cm³/mol. The van der Waals surface area contributed by atoms with Crippen molar-refractivity contribution in [3.8, 4) is 6.07 Å². The number of halogens is 1. The number of anilines is 1. The van der Waals surface area contributed by atoms with Crippen LogP contribution in [0.25, 0.3) is 0 Å². The van der Waals surface area contributed by atoms with Gasteiger partial charge in [0, 0.05) is 18.1 Å². The van der Waals surface area contributed by atoms with E-state index in [2.05, 4.69) is 20.9 Å². The lowest BCUT2D eigenvalue weighted by atomic mass is 10.3. The van der Waals surface area contributed by atoms with E-state index in [9.17, 15) is 4.79 Å². The van der Waals surface area contributed by atoms with Crippen LogP contribution in [-0.4, -0.2) is 17.9 Å². The van der Waals surface area contributed by atoms with Crippen molar-refractivity contribution in [3.63, 3.8) is 0 Å². The zero-order valence-electron chi connectivity index (χ0n) is 10.1. The molecule has 0 radical (unpaired) electrons. The van der Waals surface area contributed by atoms with Crippen LogP contribution in [0.1, 0.15) is 10.4 Å². The summed E-state index contributed by atoms with van der Waals surface area (Å²) in [5, 5.41) is 8.70. The molecule has 2 heterocycles. The number of thiophene rings is 1. The number of nitrogens with zero attached hydrogens (tertiary/aromatic N) is 3. The molecule has 0 atom stereocenters. The molecule has 2 rings (SSSR count). The Bertz CT molecular complexity index is 630. The molecule has 0 aliphatic carbocycles. The van der Waals surface area contributed by atoms with Gasteiger partial charge >= 0.3 is 0 Å². The molecule has 0 aliphatic heterocycles. The number of carbonyl (C=O) groups excluding carboxylic acids is 1. The van der Waals surface area contributed by atoms with Gasteiger partial charge in [-0.05, 0) is 40.2 Å². The van der Waals surface area contributed by atoms with Crippen molar-refractivity contribution >= 4 is 39.0 Å². The van der Waals surface area contributed by atoms with Crippen molar-refractivity contribution < 1.29 is 4.79 Å². The van der Waals surface area contributed by atoms with E-state index in [0.29, 0.717) is 17.8 Å². The van der Waals surface area contributed by atoms with E-state index in [4.69, 9.17) is 5.26 Å². The number of aromatic nitrogens is 1. The number of likely N-dealkylation sites (N-methyl/N-ethyl adjacent to an activating group) is 1. The second-order valence-electron chi connectivity index (χ2n) is 3.85. The molecule has 0 saturated heterocycles. The molecule has 2 aromatic rings. The molecule has 0 aliphatic rings. The number of hydrogen-bond donors (Lipinski definition) is 0. The molecule has 0 saturated carbocycles. The normalized spacial score (nSPS) is 9.95. The fourth-order valence-electron chi connectivity index (χ4n) is 1.49. The zero-order chi connectivity index (χ0) is 13.8. The Labute approximate surface area is 123 Å². The second kappa shape index (κ2) is 5.95. The molecule has 0 fully saturated rings. The molecule has 6 heteroatoms. The van der Waals surface area contributed by atoms with Gasteiger partial charge in [-0.25, -0.2) is 4.98 Å². The van der Waals surface area contributed by atoms with Crippen molar-refractivity contribution in [2.45, 2.75) is 6.42 Å². The Balaban J connectivity index is 2.08. The predicted octanol–water partition coefficient (Wildman–Crippen LogP) is 2.98. The van der Waals surface area contributed by atoms with E-state index in [1.807, 2.05) is 18.2 Å². The summed E-state index contributed by atoms with van der Waals surface area (Å²) >= 11 is 4.91. The highest BCUT2D eigenvalue weighted by atomic mass is 79.9. The third-order valence-electron chi connectivity index (χ3n) is 2.55. The fourth-order valence-corrected chi connectivity index (χ4v) is 2.97. The monoisotopic (exact) mass is 335 g/mol. The maximum absolute atomic E-state index is 12.1. The van der Waals surface area contributed by atoms with Crippen molar-refractivity contribution in [1.29, 1.82) is 5.26 Å². The summed E-state index contributed by atoms with van der Waals surface area (Å²) in [6, 6.07) is 9.16. The first-order valence-electron chi connectivity index (χ1n) is 5.47. The largest absolute Gasteiger partial charge is 0.300 e. The van der Waals surface area contributed by atoms with Crippen molar-refractivity contribution in [3.05, 3.63) is 44.7 Å². The van der Waals surface area contributed by atoms with Gasteiger partial charge < -0.3 is 0 Å². The molecule has 0 spiro atoms. The molecule has 2 aromatic heterocycles. The third kappa shape index (κ3) is 3.40. The number of amides is 1. The molecule has 1 amide bonds. The van der Waals surface area contributed by atoms with Gasteiger partial charge in [0.2, 0.25) is 5.91 Å². The molecule has 0 bridgehead atoms. The van der Waals surface area contributed by atoms with Gasteiger partial charge in [0.25, 0.3) is 0 Å². The van der Waals surface area contributed by atoms with Gasteiger partial charge in [0.15, 0.2) is 0 Å². The molecule has 19 heavy (non-hydrogen) atoms. The lowest BCUT2D eigenvalue weighted by Crippen LogP contribution is -2.28. The van der Waals surface area contributed by atoms with Crippen molar-refractivity contribution in [2.75, 3.05) is 11.9 Å². The maximum Gasteiger partial charge on any atom is 0.233 e. The Morgan fingerprint density at radius 1 is 1.47 bits per heavy atom. The lowest BCUT2D eigenvalue weighted by molar-refractivity contribution is -0.117. The van der Waals surface area contributed by atoms with E-state index in [1.54, 1.807) is 30.5 Å². The summed E-state index contributed by atoms with van der Waals surface area (Å²) in [5.41, 5.74) is 0.479. The Morgan fingerprint density at radius 2 is 2.26 bits per heavy atom. The van der Waals surface area contributed by atoms with Crippen LogP contribution in [0, 0.1) is 11.3 Å². The SMILES string of the molecule is CN(C(=O)Cc1ccc(Br)s1)c1ccc(C#N)cn1. The zero-order valence-corrected chi connectivity index (χ0v) is 12.5. The third-order valence-corrected chi connectivity index (χ3v) is 4.17. The van der Waals surface area contributed by atoms with Crippen LogP contribution in [0.3, 0.4) is 0 Å². The van der Waals surface area contributed by atoms with E-state index in [-0.39, 0.29) is 5.91 Å². The summed E-state index contributed by atoms with van der Waals surface area (Å²) in [6.45, 7) is 0. The highest BCUT2D eigenvalue weighted by Crippen LogP contribution is 2.23. The van der Waals surface area contributed by atoms with Crippen molar-refractivity contribution in [1.82, 2.24) is 4.98 Å². The lowest BCUT2D eigenvalue weighted by Gasteiger charge is -2.15. The smallest absolute Gasteiger partial charge is 0.233 e. The van der Waals surface area contributed by atoms with Crippen LogP contribution in [0.2, 0.25) is 0 Å². The van der Waals surface area contributed by atoms with E-state index in [1.165, 1.54) is 11.1 Å². The molecule has 96 valence electrons. The van der Waals surface area contributed by atoms with Gasteiger partial charge in [0.05, 0.1) is 15.8 Å². The van der Waals surface area contributed by atoms with E-state index in [0.717, 1.165) is 8.66 Å². The summed E-state index contributed by atoms with van der Waals surface area (Å²) in [7, 11) is 1.68. The minimum Gasteiger partial charge on any atom is -0.300 e. The van der Waals surface area contributed by atoms with Gasteiger partial charge in [-0.3, -0.25) is 9.69 Å². The highest BCUT2D eigenvalue weighted by Gasteiger charge is 2.13. The number of pyridine rings is 1. The molecule has 4 nitrogen and oxygen atoms in total. The minimum absolute atomic E-state index is 0.0356. The van der Waals surface area contributed by atoms with Gasteiger partial charge in [-0.15, -0.1) is 11.3 Å². The standard InChI is InChI=1S/C13H10BrN3OS/c1-17(12-5-2-9(7-15)8-16-12)13(18)6-10-3-4-11(14)19-10/h2-5,8H,6H2,1H3. The number of nitriles is 1. The van der Waals surface area contributed by atoms with Gasteiger partial charge in [-0.1, -0.05) is 0 Å². The van der Waals surface area contributed by atoms with Crippen LogP contribution >= 0.6 is 27.3 Å². The number of carbonyl (C=O) groups is 1. The maximum atomic E-state index is 12.1. The molecule has 0 aromatic carbocycles. The summed E-state index contributed by atoms with van der Waals surface area (Å²) in [4.78, 5) is 18.7. The molecule has 0 unspecified atom stereocenters. The van der Waals surface area contributed by atoms with E-state index < -0.39 is 0 Å². The molecular formula is C13H10BrN3OS. The summed E-state index contributed by atoms with van der Waals surface area (Å²) in [5.74, 6) is 0.506. The molecule has 0 N–H and O–H groups in total. The van der Waals surface area contributed by atoms with Crippen LogP contribution < -0.4 is 4.90 Å². The Hall–Kier alpha value is -1.71. The fraction of sp³-hybridized carbons (Fsp3) is 0.154. The first-order chi connectivity index (χ1) is 9.10. The van der Waals surface area contributed by atoms with Crippen molar-refractivity contribution in [2.24, 2.45) is 0 Å². The van der Waals surface area contributed by atoms with Crippen LogP contribution in [-0.2, 0) is 11.2 Å².